The van der Waals surface area contributed by atoms with E-state index < -0.39 is 0 Å². The van der Waals surface area contributed by atoms with Crippen molar-refractivity contribution >= 4 is 10.9 Å². The molecule has 0 aliphatic heterocycles. The summed E-state index contributed by atoms with van der Waals surface area (Å²) >= 11 is 0. The lowest BCUT2D eigenvalue weighted by Crippen LogP contribution is -1.92. The molecule has 0 saturated heterocycles. The third kappa shape index (κ3) is 2.29. The molecule has 1 N–H and O–H groups in total. The van der Waals surface area contributed by atoms with Crippen LogP contribution in [0, 0.1) is 0 Å². The van der Waals surface area contributed by atoms with Gasteiger partial charge in [0.1, 0.15) is 0 Å². The van der Waals surface area contributed by atoms with E-state index >= 15 is 0 Å². The van der Waals surface area contributed by atoms with Crippen LogP contribution in [-0.2, 0) is 0 Å². The van der Waals surface area contributed by atoms with E-state index in [-0.39, 0.29) is 0 Å². The molecule has 0 fully saturated rings. The summed E-state index contributed by atoms with van der Waals surface area (Å²) in [6, 6.07) is 8.58. The summed E-state index contributed by atoms with van der Waals surface area (Å²) in [6.45, 7) is 4.60. The lowest BCUT2D eigenvalue weighted by molar-refractivity contribution is 0.600. The molecule has 0 amide bonds. The third-order valence-corrected chi connectivity index (χ3v) is 3.39. The molecule has 0 aliphatic carbocycles. The summed E-state index contributed by atoms with van der Waals surface area (Å²) in [5.74, 6) is 0.669. The van der Waals surface area contributed by atoms with Gasteiger partial charge in [-0.2, -0.15) is 0 Å². The second kappa shape index (κ2) is 5.20. The van der Waals surface area contributed by atoms with Gasteiger partial charge in [0.2, 0.25) is 0 Å². The Hall–Kier alpha value is -1.24. The quantitative estimate of drug-likeness (QED) is 0.686. The van der Waals surface area contributed by atoms with Crippen LogP contribution in [0.2, 0.25) is 0 Å². The first-order valence-corrected chi connectivity index (χ1v) is 6.39. The Morgan fingerprint density at radius 3 is 2.81 bits per heavy atom. The van der Waals surface area contributed by atoms with E-state index in [0.29, 0.717) is 5.92 Å². The van der Waals surface area contributed by atoms with Crippen molar-refractivity contribution < 1.29 is 0 Å². The molecule has 1 unspecified atom stereocenters. The number of aromatic amines is 1. The largest absolute Gasteiger partial charge is 0.361 e. The first-order chi connectivity index (χ1) is 7.83. The van der Waals surface area contributed by atoms with Gasteiger partial charge in [-0.25, -0.2) is 0 Å². The van der Waals surface area contributed by atoms with Crippen molar-refractivity contribution in [2.75, 3.05) is 0 Å². The predicted octanol–water partition coefficient (Wildman–Crippen LogP) is 4.85. The molecule has 0 saturated carbocycles. The van der Waals surface area contributed by atoms with Crippen LogP contribution >= 0.6 is 0 Å². The summed E-state index contributed by atoms with van der Waals surface area (Å²) in [5, 5.41) is 1.39. The summed E-state index contributed by atoms with van der Waals surface area (Å²) in [7, 11) is 0. The third-order valence-electron chi connectivity index (χ3n) is 3.39. The molecule has 0 spiro atoms. The minimum Gasteiger partial charge on any atom is -0.361 e. The zero-order chi connectivity index (χ0) is 11.4. The number of hydrogen-bond acceptors (Lipinski definition) is 0. The van der Waals surface area contributed by atoms with Crippen LogP contribution in [0.3, 0.4) is 0 Å². The number of para-hydroxylation sites is 1. The summed E-state index contributed by atoms with van der Waals surface area (Å²) in [5.41, 5.74) is 2.74. The van der Waals surface area contributed by atoms with Crippen LogP contribution in [0.4, 0.5) is 0 Å². The average Bonchev–Trinajstić information content (AvgIpc) is 2.73. The molecule has 0 radical (unpaired) electrons. The SMILES string of the molecule is CCCCCC(C)c1c[nH]c2ccccc12. The topological polar surface area (TPSA) is 15.8 Å². The maximum atomic E-state index is 3.36. The monoisotopic (exact) mass is 215 g/mol. The fourth-order valence-electron chi connectivity index (χ4n) is 2.36. The van der Waals surface area contributed by atoms with Gasteiger partial charge in [-0.05, 0) is 24.0 Å². The van der Waals surface area contributed by atoms with E-state index in [1.54, 1.807) is 0 Å². The van der Waals surface area contributed by atoms with E-state index in [9.17, 15) is 0 Å². The number of H-pyrrole nitrogens is 1. The minimum absolute atomic E-state index is 0.669. The molecule has 16 heavy (non-hydrogen) atoms. The van der Waals surface area contributed by atoms with Gasteiger partial charge in [0.15, 0.2) is 0 Å². The maximum Gasteiger partial charge on any atom is 0.0456 e. The lowest BCUT2D eigenvalue weighted by Gasteiger charge is -2.09. The molecule has 2 aromatic rings. The molecule has 1 heterocycles. The second-order valence-corrected chi connectivity index (χ2v) is 4.69. The summed E-state index contributed by atoms with van der Waals surface area (Å²) in [6.07, 6.45) is 7.49. The van der Waals surface area contributed by atoms with Crippen molar-refractivity contribution in [3.05, 3.63) is 36.0 Å². The highest BCUT2D eigenvalue weighted by Crippen LogP contribution is 2.28. The van der Waals surface area contributed by atoms with Gasteiger partial charge in [-0.15, -0.1) is 0 Å². The van der Waals surface area contributed by atoms with Crippen LogP contribution in [0.1, 0.15) is 51.0 Å². The van der Waals surface area contributed by atoms with Crippen LogP contribution < -0.4 is 0 Å². The number of benzene rings is 1. The Labute approximate surface area is 97.9 Å². The van der Waals surface area contributed by atoms with Crippen molar-refractivity contribution in [1.29, 1.82) is 0 Å². The molecular formula is C15H21N. The number of aromatic nitrogens is 1. The predicted molar refractivity (Wildman–Crippen MR) is 70.9 cm³/mol. The van der Waals surface area contributed by atoms with Crippen LogP contribution in [0.25, 0.3) is 10.9 Å². The number of hydrogen-bond donors (Lipinski definition) is 1. The van der Waals surface area contributed by atoms with E-state index in [0.717, 1.165) is 0 Å². The molecule has 1 atom stereocenters. The first-order valence-electron chi connectivity index (χ1n) is 6.39. The smallest absolute Gasteiger partial charge is 0.0456 e. The lowest BCUT2D eigenvalue weighted by atomic mass is 9.95. The van der Waals surface area contributed by atoms with Gasteiger partial charge in [0.05, 0.1) is 0 Å². The number of rotatable bonds is 5. The first kappa shape index (κ1) is 11.3. The van der Waals surface area contributed by atoms with Gasteiger partial charge in [-0.3, -0.25) is 0 Å². The summed E-state index contributed by atoms with van der Waals surface area (Å²) in [4.78, 5) is 3.36. The summed E-state index contributed by atoms with van der Waals surface area (Å²) < 4.78 is 0. The highest BCUT2D eigenvalue weighted by molar-refractivity contribution is 5.83. The minimum atomic E-state index is 0.669. The fourth-order valence-corrected chi connectivity index (χ4v) is 2.36. The van der Waals surface area contributed by atoms with Gasteiger partial charge in [-0.1, -0.05) is 51.3 Å². The zero-order valence-corrected chi connectivity index (χ0v) is 10.3. The Morgan fingerprint density at radius 2 is 2.00 bits per heavy atom. The second-order valence-electron chi connectivity index (χ2n) is 4.69. The molecule has 1 aromatic carbocycles. The normalized spacial score (nSPS) is 13.1. The highest BCUT2D eigenvalue weighted by atomic mass is 14.7. The van der Waals surface area contributed by atoms with Crippen LogP contribution in [0.5, 0.6) is 0 Å². The molecule has 1 aromatic heterocycles. The average molecular weight is 215 g/mol. The molecular weight excluding hydrogens is 194 g/mol. The molecule has 1 heteroatoms. The van der Waals surface area contributed by atoms with Gasteiger partial charge >= 0.3 is 0 Å². The van der Waals surface area contributed by atoms with E-state index in [1.807, 2.05) is 0 Å². The van der Waals surface area contributed by atoms with Crippen molar-refractivity contribution in [3.8, 4) is 0 Å². The maximum absolute atomic E-state index is 3.36. The Kier molecular flexibility index (Phi) is 3.66. The molecule has 0 bridgehead atoms. The zero-order valence-electron chi connectivity index (χ0n) is 10.3. The molecule has 2 rings (SSSR count). The fraction of sp³-hybridized carbons (Fsp3) is 0.467. The van der Waals surface area contributed by atoms with Crippen molar-refractivity contribution in [3.63, 3.8) is 0 Å². The molecule has 1 nitrogen and oxygen atoms in total. The van der Waals surface area contributed by atoms with E-state index in [2.05, 4.69) is 49.3 Å². The molecule has 0 aliphatic rings. The van der Waals surface area contributed by atoms with Crippen molar-refractivity contribution in [2.45, 2.75) is 45.4 Å². The van der Waals surface area contributed by atoms with Crippen LogP contribution in [0.15, 0.2) is 30.5 Å². The van der Waals surface area contributed by atoms with Gasteiger partial charge < -0.3 is 4.98 Å². The van der Waals surface area contributed by atoms with E-state index in [1.165, 1.54) is 42.1 Å². The Balaban J connectivity index is 2.13. The number of unbranched alkanes of at least 4 members (excludes halogenated alkanes) is 2. The molecule has 86 valence electrons. The highest BCUT2D eigenvalue weighted by Gasteiger charge is 2.10. The number of fused-ring (bicyclic) bond motifs is 1. The van der Waals surface area contributed by atoms with Crippen molar-refractivity contribution in [2.24, 2.45) is 0 Å². The Morgan fingerprint density at radius 1 is 1.19 bits per heavy atom. The van der Waals surface area contributed by atoms with Crippen molar-refractivity contribution in [1.82, 2.24) is 4.98 Å². The van der Waals surface area contributed by atoms with Gasteiger partial charge in [0, 0.05) is 17.1 Å². The van der Waals surface area contributed by atoms with Crippen LogP contribution in [-0.4, -0.2) is 4.98 Å². The standard InChI is InChI=1S/C15H21N/c1-3-4-5-8-12(2)14-11-16-15-10-7-6-9-13(14)15/h6-7,9-12,16H,3-5,8H2,1-2H3. The van der Waals surface area contributed by atoms with Gasteiger partial charge in [0.25, 0.3) is 0 Å². The number of nitrogens with one attached hydrogen (secondary N) is 1. The van der Waals surface area contributed by atoms with E-state index in [4.69, 9.17) is 0 Å². The Bertz CT molecular complexity index is 441.